The third kappa shape index (κ3) is 2.88. The number of benzene rings is 1. The van der Waals surface area contributed by atoms with E-state index < -0.39 is 0 Å². The van der Waals surface area contributed by atoms with Crippen LogP contribution in [-0.4, -0.2) is 23.6 Å². The van der Waals surface area contributed by atoms with Gasteiger partial charge >= 0.3 is 0 Å². The molecule has 22 heavy (non-hydrogen) atoms. The van der Waals surface area contributed by atoms with Crippen LogP contribution in [0.15, 0.2) is 36.5 Å². The SMILES string of the molecule is CCOc1cc2c(cc1NC(=O)c1ccccn1)O[C@@H](C)C2. The molecular formula is C17H18N2O3. The van der Waals surface area contributed by atoms with E-state index in [0.717, 1.165) is 17.7 Å². The number of pyridine rings is 1. The van der Waals surface area contributed by atoms with Gasteiger partial charge in [-0.1, -0.05) is 6.07 Å². The number of nitrogens with one attached hydrogen (secondary N) is 1. The Hall–Kier alpha value is -2.56. The molecule has 0 radical (unpaired) electrons. The molecule has 1 amide bonds. The zero-order valence-electron chi connectivity index (χ0n) is 12.6. The first-order valence-electron chi connectivity index (χ1n) is 7.36. The first-order valence-corrected chi connectivity index (χ1v) is 7.36. The standard InChI is InChI=1S/C17H18N2O3/c1-3-21-16-9-12-8-11(2)22-15(12)10-14(16)19-17(20)13-6-4-5-7-18-13/h4-7,9-11H,3,8H2,1-2H3,(H,19,20)/t11-/m0/s1. The summed E-state index contributed by atoms with van der Waals surface area (Å²) >= 11 is 0. The first-order chi connectivity index (χ1) is 10.7. The van der Waals surface area contributed by atoms with E-state index in [2.05, 4.69) is 10.3 Å². The molecule has 1 aromatic heterocycles. The Bertz CT molecular complexity index is 686. The predicted molar refractivity (Wildman–Crippen MR) is 83.6 cm³/mol. The average Bonchev–Trinajstić information content (AvgIpc) is 2.87. The molecule has 0 spiro atoms. The third-order valence-electron chi connectivity index (χ3n) is 3.44. The van der Waals surface area contributed by atoms with Crippen LogP contribution in [0.2, 0.25) is 0 Å². The zero-order chi connectivity index (χ0) is 15.5. The van der Waals surface area contributed by atoms with Gasteiger partial charge in [-0.2, -0.15) is 0 Å². The zero-order valence-corrected chi connectivity index (χ0v) is 12.6. The Morgan fingerprint density at radius 2 is 2.32 bits per heavy atom. The van der Waals surface area contributed by atoms with Crippen LogP contribution in [0.4, 0.5) is 5.69 Å². The van der Waals surface area contributed by atoms with E-state index in [1.54, 1.807) is 24.4 Å². The summed E-state index contributed by atoms with van der Waals surface area (Å²) in [5.74, 6) is 1.18. The number of carbonyl (C=O) groups excluding carboxylic acids is 1. The van der Waals surface area contributed by atoms with Gasteiger partial charge in [0, 0.05) is 24.2 Å². The van der Waals surface area contributed by atoms with E-state index >= 15 is 0 Å². The molecule has 0 unspecified atom stereocenters. The van der Waals surface area contributed by atoms with Gasteiger partial charge in [0.15, 0.2) is 0 Å². The highest BCUT2D eigenvalue weighted by atomic mass is 16.5. The van der Waals surface area contributed by atoms with Gasteiger partial charge in [0.1, 0.15) is 23.3 Å². The van der Waals surface area contributed by atoms with Crippen LogP contribution in [-0.2, 0) is 6.42 Å². The van der Waals surface area contributed by atoms with E-state index in [1.165, 1.54) is 0 Å². The minimum atomic E-state index is -0.271. The van der Waals surface area contributed by atoms with Crippen molar-refractivity contribution in [2.24, 2.45) is 0 Å². The third-order valence-corrected chi connectivity index (χ3v) is 3.44. The second kappa shape index (κ2) is 6.05. The largest absolute Gasteiger partial charge is 0.492 e. The predicted octanol–water partition coefficient (Wildman–Crippen LogP) is 3.06. The number of anilines is 1. The summed E-state index contributed by atoms with van der Waals surface area (Å²) in [4.78, 5) is 16.3. The molecule has 1 aliphatic rings. The lowest BCUT2D eigenvalue weighted by molar-refractivity contribution is 0.102. The fraction of sp³-hybridized carbons (Fsp3) is 0.294. The van der Waals surface area contributed by atoms with Gasteiger partial charge in [0.05, 0.1) is 12.3 Å². The lowest BCUT2D eigenvalue weighted by atomic mass is 10.1. The Morgan fingerprint density at radius 1 is 1.45 bits per heavy atom. The molecular weight excluding hydrogens is 280 g/mol. The van der Waals surface area contributed by atoms with Gasteiger partial charge < -0.3 is 14.8 Å². The summed E-state index contributed by atoms with van der Waals surface area (Å²) in [5, 5.41) is 2.85. The Morgan fingerprint density at radius 3 is 3.05 bits per heavy atom. The van der Waals surface area contributed by atoms with E-state index in [-0.39, 0.29) is 12.0 Å². The van der Waals surface area contributed by atoms with Crippen molar-refractivity contribution < 1.29 is 14.3 Å². The molecule has 3 rings (SSSR count). The van der Waals surface area contributed by atoms with Gasteiger partial charge in [0.25, 0.3) is 5.91 Å². The maximum Gasteiger partial charge on any atom is 0.274 e. The molecule has 0 bridgehead atoms. The van der Waals surface area contributed by atoms with Gasteiger partial charge in [-0.25, -0.2) is 0 Å². The fourth-order valence-corrected chi connectivity index (χ4v) is 2.50. The maximum absolute atomic E-state index is 12.3. The van der Waals surface area contributed by atoms with Crippen molar-refractivity contribution in [3.8, 4) is 11.5 Å². The van der Waals surface area contributed by atoms with Crippen molar-refractivity contribution in [3.63, 3.8) is 0 Å². The molecule has 0 saturated carbocycles. The minimum Gasteiger partial charge on any atom is -0.492 e. The number of carbonyl (C=O) groups is 1. The molecule has 1 aromatic carbocycles. The topological polar surface area (TPSA) is 60.5 Å². The Labute approximate surface area is 129 Å². The van der Waals surface area contributed by atoms with Crippen molar-refractivity contribution in [1.29, 1.82) is 0 Å². The number of fused-ring (bicyclic) bond motifs is 1. The number of hydrogen-bond acceptors (Lipinski definition) is 4. The Balaban J connectivity index is 1.89. The molecule has 0 fully saturated rings. The highest BCUT2D eigenvalue weighted by Gasteiger charge is 2.22. The number of nitrogens with zero attached hydrogens (tertiary/aromatic N) is 1. The maximum atomic E-state index is 12.3. The van der Waals surface area contributed by atoms with E-state index in [9.17, 15) is 4.79 Å². The van der Waals surface area contributed by atoms with Gasteiger partial charge in [-0.15, -0.1) is 0 Å². The lowest BCUT2D eigenvalue weighted by Crippen LogP contribution is -2.14. The van der Waals surface area contributed by atoms with E-state index in [1.807, 2.05) is 26.0 Å². The molecule has 1 atom stereocenters. The van der Waals surface area contributed by atoms with Crippen LogP contribution in [0.5, 0.6) is 11.5 Å². The van der Waals surface area contributed by atoms with Crippen LogP contribution in [0.25, 0.3) is 0 Å². The normalized spacial score (nSPS) is 15.8. The highest BCUT2D eigenvalue weighted by molar-refractivity contribution is 6.03. The molecule has 5 heteroatoms. The van der Waals surface area contributed by atoms with Crippen molar-refractivity contribution in [3.05, 3.63) is 47.8 Å². The number of amides is 1. The first kappa shape index (κ1) is 14.4. The smallest absolute Gasteiger partial charge is 0.274 e. The molecule has 114 valence electrons. The second-order valence-corrected chi connectivity index (χ2v) is 5.19. The summed E-state index contributed by atoms with van der Waals surface area (Å²) in [5.41, 5.74) is 2.07. The molecule has 5 nitrogen and oxygen atoms in total. The quantitative estimate of drug-likeness (QED) is 0.942. The van der Waals surface area contributed by atoms with Crippen LogP contribution in [0.1, 0.15) is 29.9 Å². The number of aromatic nitrogens is 1. The summed E-state index contributed by atoms with van der Waals surface area (Å²) in [6.07, 6.45) is 2.58. The van der Waals surface area contributed by atoms with E-state index in [4.69, 9.17) is 9.47 Å². The molecule has 2 heterocycles. The summed E-state index contributed by atoms with van der Waals surface area (Å²) in [6, 6.07) is 8.98. The molecule has 1 aliphatic heterocycles. The van der Waals surface area contributed by atoms with E-state index in [0.29, 0.717) is 23.7 Å². The number of rotatable bonds is 4. The summed E-state index contributed by atoms with van der Waals surface area (Å²) < 4.78 is 11.4. The van der Waals surface area contributed by atoms with Crippen molar-refractivity contribution >= 4 is 11.6 Å². The van der Waals surface area contributed by atoms with Crippen molar-refractivity contribution in [2.45, 2.75) is 26.4 Å². The van der Waals surface area contributed by atoms with Gasteiger partial charge in [0.2, 0.25) is 0 Å². The molecule has 0 saturated heterocycles. The van der Waals surface area contributed by atoms with Crippen LogP contribution in [0, 0.1) is 0 Å². The minimum absolute atomic E-state index is 0.145. The Kier molecular flexibility index (Phi) is 3.96. The van der Waals surface area contributed by atoms with Crippen LogP contribution in [0.3, 0.4) is 0 Å². The molecule has 0 aliphatic carbocycles. The summed E-state index contributed by atoms with van der Waals surface area (Å²) in [6.45, 7) is 4.46. The van der Waals surface area contributed by atoms with Gasteiger partial charge in [-0.05, 0) is 32.0 Å². The average molecular weight is 298 g/mol. The van der Waals surface area contributed by atoms with Crippen LogP contribution >= 0.6 is 0 Å². The number of hydrogen-bond donors (Lipinski definition) is 1. The fourth-order valence-electron chi connectivity index (χ4n) is 2.50. The lowest BCUT2D eigenvalue weighted by Gasteiger charge is -2.13. The monoisotopic (exact) mass is 298 g/mol. The van der Waals surface area contributed by atoms with Crippen molar-refractivity contribution in [1.82, 2.24) is 4.98 Å². The molecule has 1 N–H and O–H groups in total. The van der Waals surface area contributed by atoms with Crippen molar-refractivity contribution in [2.75, 3.05) is 11.9 Å². The second-order valence-electron chi connectivity index (χ2n) is 5.19. The van der Waals surface area contributed by atoms with Crippen LogP contribution < -0.4 is 14.8 Å². The molecule has 2 aromatic rings. The summed E-state index contributed by atoms with van der Waals surface area (Å²) in [7, 11) is 0. The van der Waals surface area contributed by atoms with Gasteiger partial charge in [-0.3, -0.25) is 9.78 Å². The highest BCUT2D eigenvalue weighted by Crippen LogP contribution is 2.38. The number of ether oxygens (including phenoxy) is 2.